The van der Waals surface area contributed by atoms with Crippen molar-refractivity contribution < 1.29 is 0 Å². The van der Waals surface area contributed by atoms with E-state index >= 15 is 0 Å². The zero-order chi connectivity index (χ0) is 11.2. The molecule has 2 aromatic carbocycles. The van der Waals surface area contributed by atoms with Crippen molar-refractivity contribution in [1.82, 2.24) is 4.98 Å². The first-order chi connectivity index (χ1) is 8.43. The molecule has 0 saturated heterocycles. The molecule has 0 fully saturated rings. The van der Waals surface area contributed by atoms with Gasteiger partial charge >= 0.3 is 0 Å². The summed E-state index contributed by atoms with van der Waals surface area (Å²) in [5.41, 5.74) is 1.07. The van der Waals surface area contributed by atoms with Crippen molar-refractivity contribution in [3.8, 4) is 0 Å². The molecule has 0 atom stereocenters. The van der Waals surface area contributed by atoms with Gasteiger partial charge in [0.05, 0.1) is 5.52 Å². The van der Waals surface area contributed by atoms with Crippen molar-refractivity contribution in [2.24, 2.45) is 0 Å². The van der Waals surface area contributed by atoms with E-state index < -0.39 is 0 Å². The second-order valence-corrected chi connectivity index (χ2v) is 5.19. The molecule has 2 aromatic heterocycles. The van der Waals surface area contributed by atoms with E-state index in [1.807, 2.05) is 23.6 Å². The largest absolute Gasteiger partial charge is 0.256 e. The minimum atomic E-state index is 1.07. The highest BCUT2D eigenvalue weighted by molar-refractivity contribution is 7.26. The predicted octanol–water partition coefficient (Wildman–Crippen LogP) is 4.60. The first kappa shape index (κ1) is 9.14. The molecule has 4 aromatic rings. The van der Waals surface area contributed by atoms with Crippen LogP contribution in [0.3, 0.4) is 0 Å². The normalized spacial score (nSPS) is 11.5. The van der Waals surface area contributed by atoms with E-state index in [9.17, 15) is 0 Å². The third-order valence-corrected chi connectivity index (χ3v) is 4.26. The Labute approximate surface area is 102 Å². The van der Waals surface area contributed by atoms with Crippen molar-refractivity contribution >= 4 is 42.4 Å². The number of hydrogen-bond donors (Lipinski definition) is 0. The van der Waals surface area contributed by atoms with E-state index in [1.165, 1.54) is 25.6 Å². The van der Waals surface area contributed by atoms with Gasteiger partial charge in [0.25, 0.3) is 0 Å². The summed E-state index contributed by atoms with van der Waals surface area (Å²) >= 11 is 1.85. The van der Waals surface area contributed by atoms with Crippen LogP contribution in [0, 0.1) is 0 Å². The SMILES string of the molecule is c1ccc2c(c1)sc1ccc3ncccc3c12. The number of rotatable bonds is 0. The fourth-order valence-electron chi connectivity index (χ4n) is 2.38. The minimum Gasteiger partial charge on any atom is -0.256 e. The second kappa shape index (κ2) is 3.28. The zero-order valence-electron chi connectivity index (χ0n) is 9.05. The number of pyridine rings is 1. The summed E-state index contributed by atoms with van der Waals surface area (Å²) < 4.78 is 2.69. The highest BCUT2D eigenvalue weighted by atomic mass is 32.1. The molecule has 0 bridgehead atoms. The first-order valence-corrected chi connectivity index (χ1v) is 6.40. The molecule has 0 N–H and O–H groups in total. The van der Waals surface area contributed by atoms with Gasteiger partial charge in [-0.05, 0) is 24.3 Å². The summed E-state index contributed by atoms with van der Waals surface area (Å²) in [5.74, 6) is 0. The average molecular weight is 235 g/mol. The van der Waals surface area contributed by atoms with Crippen LogP contribution in [-0.2, 0) is 0 Å². The monoisotopic (exact) mass is 235 g/mol. The van der Waals surface area contributed by atoms with Gasteiger partial charge in [-0.3, -0.25) is 4.98 Å². The van der Waals surface area contributed by atoms with Crippen LogP contribution in [0.4, 0.5) is 0 Å². The van der Waals surface area contributed by atoms with Gasteiger partial charge in [-0.1, -0.05) is 24.3 Å². The molecule has 0 aliphatic carbocycles. The van der Waals surface area contributed by atoms with Crippen molar-refractivity contribution in [3.63, 3.8) is 0 Å². The highest BCUT2D eigenvalue weighted by Crippen LogP contribution is 2.37. The topological polar surface area (TPSA) is 12.9 Å². The van der Waals surface area contributed by atoms with Crippen molar-refractivity contribution in [3.05, 3.63) is 54.7 Å². The minimum absolute atomic E-state index is 1.07. The molecular formula is C15H9NS. The molecule has 0 spiro atoms. The van der Waals surface area contributed by atoms with Crippen LogP contribution in [0.15, 0.2) is 54.7 Å². The van der Waals surface area contributed by atoms with Gasteiger partial charge in [-0.15, -0.1) is 11.3 Å². The third-order valence-electron chi connectivity index (χ3n) is 3.12. The molecule has 0 aliphatic heterocycles. The quantitative estimate of drug-likeness (QED) is 0.434. The molecule has 80 valence electrons. The summed E-state index contributed by atoms with van der Waals surface area (Å²) in [6.07, 6.45) is 1.85. The van der Waals surface area contributed by atoms with Crippen molar-refractivity contribution in [1.29, 1.82) is 0 Å². The van der Waals surface area contributed by atoms with Crippen molar-refractivity contribution in [2.45, 2.75) is 0 Å². The fourth-order valence-corrected chi connectivity index (χ4v) is 3.50. The number of benzene rings is 2. The van der Waals surface area contributed by atoms with Gasteiger partial charge in [0, 0.05) is 31.8 Å². The Hall–Kier alpha value is -1.93. The molecule has 17 heavy (non-hydrogen) atoms. The molecular weight excluding hydrogens is 226 g/mol. The average Bonchev–Trinajstić information content (AvgIpc) is 2.77. The van der Waals surface area contributed by atoms with Crippen LogP contribution in [0.5, 0.6) is 0 Å². The molecule has 0 aliphatic rings. The number of hydrogen-bond acceptors (Lipinski definition) is 2. The lowest BCUT2D eigenvalue weighted by atomic mass is 10.1. The van der Waals surface area contributed by atoms with E-state index in [0.717, 1.165) is 5.52 Å². The standard InChI is InChI=1S/C15H9NS/c1-2-6-13-11(4-1)15-10-5-3-9-16-12(10)7-8-14(15)17-13/h1-9H. The van der Waals surface area contributed by atoms with E-state index in [0.29, 0.717) is 0 Å². The van der Waals surface area contributed by atoms with Gasteiger partial charge in [0.15, 0.2) is 0 Å². The molecule has 4 rings (SSSR count). The van der Waals surface area contributed by atoms with Crippen LogP contribution in [0.1, 0.15) is 0 Å². The smallest absolute Gasteiger partial charge is 0.0709 e. The Morgan fingerprint density at radius 1 is 0.765 bits per heavy atom. The zero-order valence-corrected chi connectivity index (χ0v) is 9.87. The Morgan fingerprint density at radius 3 is 2.65 bits per heavy atom. The second-order valence-electron chi connectivity index (χ2n) is 4.11. The van der Waals surface area contributed by atoms with Gasteiger partial charge in [-0.25, -0.2) is 0 Å². The van der Waals surface area contributed by atoms with Gasteiger partial charge in [0.2, 0.25) is 0 Å². The van der Waals surface area contributed by atoms with E-state index in [4.69, 9.17) is 0 Å². The van der Waals surface area contributed by atoms with Gasteiger partial charge in [-0.2, -0.15) is 0 Å². The van der Waals surface area contributed by atoms with Crippen LogP contribution in [-0.4, -0.2) is 4.98 Å². The highest BCUT2D eigenvalue weighted by Gasteiger charge is 2.07. The first-order valence-electron chi connectivity index (χ1n) is 5.58. The van der Waals surface area contributed by atoms with Gasteiger partial charge < -0.3 is 0 Å². The molecule has 0 saturated carbocycles. The summed E-state index contributed by atoms with van der Waals surface area (Å²) in [6, 6.07) is 17.0. The van der Waals surface area contributed by atoms with E-state index in [1.54, 1.807) is 0 Å². The Morgan fingerprint density at radius 2 is 1.65 bits per heavy atom. The predicted molar refractivity (Wildman–Crippen MR) is 74.6 cm³/mol. The molecule has 0 amide bonds. The third kappa shape index (κ3) is 1.22. The lowest BCUT2D eigenvalue weighted by molar-refractivity contribution is 1.42. The maximum absolute atomic E-state index is 4.42. The Balaban J connectivity index is 2.38. The molecule has 1 nitrogen and oxygen atoms in total. The Kier molecular flexibility index (Phi) is 1.76. The van der Waals surface area contributed by atoms with Crippen LogP contribution in [0.2, 0.25) is 0 Å². The maximum atomic E-state index is 4.42. The summed E-state index contributed by atoms with van der Waals surface area (Å²) in [5, 5.41) is 3.93. The number of nitrogens with zero attached hydrogens (tertiary/aromatic N) is 1. The number of fused-ring (bicyclic) bond motifs is 5. The number of thiophene rings is 1. The van der Waals surface area contributed by atoms with E-state index in [2.05, 4.69) is 47.4 Å². The summed E-state index contributed by atoms with van der Waals surface area (Å²) in [6.45, 7) is 0. The molecule has 2 heteroatoms. The van der Waals surface area contributed by atoms with Crippen LogP contribution < -0.4 is 0 Å². The van der Waals surface area contributed by atoms with Crippen LogP contribution in [0.25, 0.3) is 31.1 Å². The van der Waals surface area contributed by atoms with Crippen molar-refractivity contribution in [2.75, 3.05) is 0 Å². The molecule has 2 heterocycles. The maximum Gasteiger partial charge on any atom is 0.0709 e. The van der Waals surface area contributed by atoms with Gasteiger partial charge in [0.1, 0.15) is 0 Å². The molecule has 0 radical (unpaired) electrons. The van der Waals surface area contributed by atoms with E-state index in [-0.39, 0.29) is 0 Å². The summed E-state index contributed by atoms with van der Waals surface area (Å²) in [4.78, 5) is 4.42. The summed E-state index contributed by atoms with van der Waals surface area (Å²) in [7, 11) is 0. The molecule has 0 unspecified atom stereocenters. The number of aromatic nitrogens is 1. The Bertz CT molecular complexity index is 839. The van der Waals surface area contributed by atoms with Crippen LogP contribution >= 0.6 is 11.3 Å². The lowest BCUT2D eigenvalue weighted by Crippen LogP contribution is -1.77. The fraction of sp³-hybridized carbons (Fsp3) is 0. The lowest BCUT2D eigenvalue weighted by Gasteiger charge is -1.98.